The second kappa shape index (κ2) is 17.4. The Morgan fingerprint density at radius 3 is 2.17 bits per heavy atom. The summed E-state index contributed by atoms with van der Waals surface area (Å²) in [5, 5.41) is 8.59. The lowest BCUT2D eigenvalue weighted by atomic mass is 10.0. The van der Waals surface area contributed by atoms with E-state index in [1.165, 1.54) is 11.8 Å². The Kier molecular flexibility index (Phi) is 14.1. The van der Waals surface area contributed by atoms with Crippen molar-refractivity contribution in [1.82, 2.24) is 25.8 Å². The van der Waals surface area contributed by atoms with Gasteiger partial charge in [-0.05, 0) is 79.0 Å². The number of likely N-dealkylation sites (tertiary alicyclic amines) is 1. The van der Waals surface area contributed by atoms with Crippen molar-refractivity contribution in [3.8, 4) is 0 Å². The first-order valence-corrected chi connectivity index (χ1v) is 21.6. The van der Waals surface area contributed by atoms with Gasteiger partial charge in [0, 0.05) is 38.1 Å². The molecule has 14 nitrogen and oxygen atoms in total. The molecule has 0 spiro atoms. The molecular formula is C37H57N5O9Si. The minimum atomic E-state index is -1.48. The summed E-state index contributed by atoms with van der Waals surface area (Å²) < 4.78 is 16.3. The topological polar surface area (TPSA) is 185 Å². The Bertz CT molecular complexity index is 1600. The number of nitrogens with one attached hydrogen (secondary N) is 4. The first-order valence-electron chi connectivity index (χ1n) is 17.9. The number of rotatable bonds is 14. The third-order valence-electron chi connectivity index (χ3n) is 8.17. The van der Waals surface area contributed by atoms with Gasteiger partial charge in [-0.1, -0.05) is 37.8 Å². The van der Waals surface area contributed by atoms with Crippen LogP contribution in [-0.2, 0) is 44.6 Å². The number of amides is 4. The molecule has 0 bridgehead atoms. The number of aromatic nitrogens is 1. The van der Waals surface area contributed by atoms with Gasteiger partial charge in [-0.2, -0.15) is 0 Å². The number of ether oxygens (including phenoxy) is 3. The fourth-order valence-corrected chi connectivity index (χ4v) is 6.34. The van der Waals surface area contributed by atoms with Crippen LogP contribution >= 0.6 is 0 Å². The minimum absolute atomic E-state index is 0.0478. The Morgan fingerprint density at radius 1 is 0.904 bits per heavy atom. The Morgan fingerprint density at radius 2 is 1.54 bits per heavy atom. The van der Waals surface area contributed by atoms with E-state index in [2.05, 4.69) is 40.6 Å². The zero-order valence-electron chi connectivity index (χ0n) is 32.3. The normalized spacial score (nSPS) is 16.7. The summed E-state index contributed by atoms with van der Waals surface area (Å²) >= 11 is 0. The third kappa shape index (κ3) is 13.3. The predicted octanol–water partition coefficient (Wildman–Crippen LogP) is 4.20. The van der Waals surface area contributed by atoms with Crippen LogP contribution in [0.4, 0.5) is 4.79 Å². The summed E-state index contributed by atoms with van der Waals surface area (Å²) in [7, 11) is -1.47. The highest BCUT2D eigenvalue weighted by atomic mass is 28.3. The van der Waals surface area contributed by atoms with Crippen LogP contribution in [0.2, 0.25) is 25.7 Å². The van der Waals surface area contributed by atoms with E-state index in [0.717, 1.165) is 22.5 Å². The highest BCUT2D eigenvalue weighted by molar-refractivity contribution is 6.76. The zero-order valence-corrected chi connectivity index (χ0v) is 33.3. The molecule has 0 aliphatic carbocycles. The molecule has 4 N–H and O–H groups in total. The maximum absolute atomic E-state index is 14.3. The number of carbonyl (C=O) groups excluding carboxylic acids is 6. The molecule has 15 heteroatoms. The number of aromatic amines is 1. The van der Waals surface area contributed by atoms with Crippen molar-refractivity contribution in [3.05, 3.63) is 36.0 Å². The van der Waals surface area contributed by atoms with Gasteiger partial charge in [-0.3, -0.25) is 19.2 Å². The SMILES string of the molecule is C[C@H](NC(=O)OC(C)(C)C)C(=O)N[C@@H](CC(=O)OC(C)(C)C)C(=O)N[C@@H](Cc1c[nH]c2ccccc12)C(=O)N1CCC[C@H]1C(=O)OCC[Si](C)(C)C. The number of H-pyrrole nitrogens is 1. The molecule has 2 aromatic rings. The van der Waals surface area contributed by atoms with Crippen LogP contribution in [0.5, 0.6) is 0 Å². The standard InChI is InChI=1S/C37H57N5O9Si/c1-23(39-35(48)51-37(5,6)7)31(44)40-27(21-30(43)50-36(2,3)4)32(45)41-28(20-24-22-38-26-15-12-11-14-25(24)26)33(46)42-17-13-16-29(42)34(47)49-18-19-52(8,9)10/h11-12,14-15,22-23,27-29,38H,13,16-21H2,1-10H3,(H,39,48)(H,40,44)(H,41,45)/t23-,27-,28-,29-/m0/s1. The van der Waals surface area contributed by atoms with E-state index in [-0.39, 0.29) is 13.0 Å². The predicted molar refractivity (Wildman–Crippen MR) is 199 cm³/mol. The molecule has 0 radical (unpaired) electrons. The summed E-state index contributed by atoms with van der Waals surface area (Å²) in [6, 6.07) is 3.68. The van der Waals surface area contributed by atoms with Gasteiger partial charge in [0.05, 0.1) is 13.0 Å². The van der Waals surface area contributed by atoms with Gasteiger partial charge in [0.1, 0.15) is 35.4 Å². The first-order chi connectivity index (χ1) is 24.0. The summed E-state index contributed by atoms with van der Waals surface area (Å²) in [5.41, 5.74) is -0.118. The van der Waals surface area contributed by atoms with Crippen LogP contribution in [0.15, 0.2) is 30.5 Å². The molecule has 1 aliphatic rings. The van der Waals surface area contributed by atoms with Crippen molar-refractivity contribution in [2.75, 3.05) is 13.2 Å². The highest BCUT2D eigenvalue weighted by Gasteiger charge is 2.40. The summed E-state index contributed by atoms with van der Waals surface area (Å²) in [5.74, 6) is -3.33. The van der Waals surface area contributed by atoms with E-state index >= 15 is 0 Å². The van der Waals surface area contributed by atoms with E-state index in [0.29, 0.717) is 19.4 Å². The molecule has 1 aromatic carbocycles. The number of nitrogens with zero attached hydrogens (tertiary/aromatic N) is 1. The van der Waals surface area contributed by atoms with Gasteiger partial charge in [-0.25, -0.2) is 9.59 Å². The molecule has 3 rings (SSSR count). The number of carbonyl (C=O) groups is 6. The Hall–Kier alpha value is -4.40. The maximum Gasteiger partial charge on any atom is 0.408 e. The molecule has 4 amide bonds. The van der Waals surface area contributed by atoms with Gasteiger partial charge < -0.3 is 40.0 Å². The quantitative estimate of drug-likeness (QED) is 0.125. The number of hydrogen-bond donors (Lipinski definition) is 4. The average molecular weight is 744 g/mol. The van der Waals surface area contributed by atoms with Gasteiger partial charge in [0.15, 0.2) is 0 Å². The maximum atomic E-state index is 14.3. The molecule has 1 aliphatic heterocycles. The lowest BCUT2D eigenvalue weighted by Gasteiger charge is -2.30. The van der Waals surface area contributed by atoms with E-state index in [4.69, 9.17) is 14.2 Å². The molecule has 4 atom stereocenters. The van der Waals surface area contributed by atoms with Crippen LogP contribution in [0.3, 0.4) is 0 Å². The van der Waals surface area contributed by atoms with Crippen LogP contribution < -0.4 is 16.0 Å². The molecule has 0 saturated carbocycles. The molecule has 1 saturated heterocycles. The van der Waals surface area contributed by atoms with Crippen LogP contribution in [0, 0.1) is 0 Å². The summed E-state index contributed by atoms with van der Waals surface area (Å²) in [6.07, 6.45) is 1.40. The van der Waals surface area contributed by atoms with Crippen molar-refractivity contribution >= 4 is 54.7 Å². The minimum Gasteiger partial charge on any atom is -0.464 e. The number of hydrogen-bond acceptors (Lipinski definition) is 9. The van der Waals surface area contributed by atoms with Gasteiger partial charge in [0.25, 0.3) is 0 Å². The van der Waals surface area contributed by atoms with Crippen molar-refractivity contribution < 1.29 is 43.0 Å². The summed E-state index contributed by atoms with van der Waals surface area (Å²) in [4.78, 5) is 84.9. The van der Waals surface area contributed by atoms with E-state index in [1.54, 1.807) is 47.7 Å². The monoisotopic (exact) mass is 743 g/mol. The fourth-order valence-electron chi connectivity index (χ4n) is 5.63. The Balaban J connectivity index is 1.90. The smallest absolute Gasteiger partial charge is 0.408 e. The summed E-state index contributed by atoms with van der Waals surface area (Å²) in [6.45, 7) is 18.5. The third-order valence-corrected chi connectivity index (χ3v) is 9.87. The first kappa shape index (κ1) is 42.0. The van der Waals surface area contributed by atoms with Crippen molar-refractivity contribution in [2.24, 2.45) is 0 Å². The average Bonchev–Trinajstić information content (AvgIpc) is 3.65. The number of para-hydroxylation sites is 1. The van der Waals surface area contributed by atoms with Crippen molar-refractivity contribution in [3.63, 3.8) is 0 Å². The van der Waals surface area contributed by atoms with Crippen LogP contribution in [-0.4, -0.2) is 102 Å². The van der Waals surface area contributed by atoms with E-state index in [1.807, 2.05) is 24.3 Å². The molecule has 52 heavy (non-hydrogen) atoms. The van der Waals surface area contributed by atoms with Gasteiger partial charge in [-0.15, -0.1) is 0 Å². The van der Waals surface area contributed by atoms with Crippen LogP contribution in [0.1, 0.15) is 73.3 Å². The number of alkyl carbamates (subject to hydrolysis) is 1. The fraction of sp³-hybridized carbons (Fsp3) is 0.622. The van der Waals surface area contributed by atoms with Crippen molar-refractivity contribution in [2.45, 2.75) is 135 Å². The molecule has 1 fully saturated rings. The molecule has 2 heterocycles. The zero-order chi connectivity index (χ0) is 39.0. The van der Waals surface area contributed by atoms with Gasteiger partial charge in [0.2, 0.25) is 17.7 Å². The number of esters is 2. The van der Waals surface area contributed by atoms with E-state index in [9.17, 15) is 28.8 Å². The number of benzene rings is 1. The van der Waals surface area contributed by atoms with E-state index < -0.39 is 85.6 Å². The largest absolute Gasteiger partial charge is 0.464 e. The molecular weight excluding hydrogens is 687 g/mol. The molecule has 1 aromatic heterocycles. The highest BCUT2D eigenvalue weighted by Crippen LogP contribution is 2.24. The molecule has 0 unspecified atom stereocenters. The molecule has 288 valence electrons. The Labute approximate surface area is 307 Å². The second-order valence-corrected chi connectivity index (χ2v) is 22.1. The lowest BCUT2D eigenvalue weighted by molar-refractivity contribution is -0.157. The van der Waals surface area contributed by atoms with Gasteiger partial charge >= 0.3 is 18.0 Å². The second-order valence-electron chi connectivity index (χ2n) is 16.5. The number of fused-ring (bicyclic) bond motifs is 1. The lowest BCUT2D eigenvalue weighted by Crippen LogP contribution is -2.58. The van der Waals surface area contributed by atoms with Crippen LogP contribution in [0.25, 0.3) is 10.9 Å². The van der Waals surface area contributed by atoms with Crippen molar-refractivity contribution in [1.29, 1.82) is 0 Å².